The van der Waals surface area contributed by atoms with Crippen molar-refractivity contribution < 1.29 is 13.9 Å². The Hall–Kier alpha value is -2.59. The molecule has 3 rings (SSSR count). The van der Waals surface area contributed by atoms with E-state index in [0.717, 1.165) is 48.3 Å². The summed E-state index contributed by atoms with van der Waals surface area (Å²) in [6, 6.07) is 15.1. The molecule has 3 aromatic rings. The molecule has 142 valence electrons. The van der Waals surface area contributed by atoms with Crippen molar-refractivity contribution in [3.63, 3.8) is 0 Å². The van der Waals surface area contributed by atoms with Gasteiger partial charge < -0.3 is 9.15 Å². The molecule has 0 bridgehead atoms. The smallest absolute Gasteiger partial charge is 0.197 e. The Balaban J connectivity index is 1.89. The lowest BCUT2D eigenvalue weighted by Crippen LogP contribution is -2.30. The minimum Gasteiger partial charge on any atom is -0.476 e. The fourth-order valence-electron chi connectivity index (χ4n) is 3.22. The van der Waals surface area contributed by atoms with E-state index in [1.165, 1.54) is 0 Å². The van der Waals surface area contributed by atoms with Crippen LogP contribution in [0.25, 0.3) is 11.0 Å². The molecule has 4 nitrogen and oxygen atoms in total. The van der Waals surface area contributed by atoms with Crippen LogP contribution in [0.2, 0.25) is 0 Å². The molecule has 0 aliphatic rings. The van der Waals surface area contributed by atoms with Crippen molar-refractivity contribution in [1.29, 1.82) is 0 Å². The highest BCUT2D eigenvalue weighted by Crippen LogP contribution is 2.29. The first kappa shape index (κ1) is 19.2. The topological polar surface area (TPSA) is 51.5 Å². The van der Waals surface area contributed by atoms with Crippen LogP contribution in [-0.4, -0.2) is 18.6 Å². The SMILES string of the molecule is CCCCc1oc2ccccc2c1C(=O)c1ccc(OC(C)NCC)cc1. The van der Waals surface area contributed by atoms with Gasteiger partial charge in [0.1, 0.15) is 23.3 Å². The zero-order valence-corrected chi connectivity index (χ0v) is 16.2. The number of benzene rings is 2. The first-order valence-corrected chi connectivity index (χ1v) is 9.69. The van der Waals surface area contributed by atoms with Gasteiger partial charge in [-0.25, -0.2) is 0 Å². The Morgan fingerprint density at radius 1 is 1.11 bits per heavy atom. The second kappa shape index (κ2) is 8.87. The van der Waals surface area contributed by atoms with E-state index in [9.17, 15) is 4.79 Å². The van der Waals surface area contributed by atoms with Gasteiger partial charge in [0, 0.05) is 17.4 Å². The Morgan fingerprint density at radius 3 is 2.56 bits per heavy atom. The number of aryl methyl sites for hydroxylation is 1. The molecule has 0 saturated heterocycles. The number of rotatable bonds is 9. The van der Waals surface area contributed by atoms with Crippen molar-refractivity contribution in [1.82, 2.24) is 5.32 Å². The van der Waals surface area contributed by atoms with Crippen molar-refractivity contribution in [2.45, 2.75) is 46.3 Å². The van der Waals surface area contributed by atoms with Crippen LogP contribution in [0, 0.1) is 0 Å². The summed E-state index contributed by atoms with van der Waals surface area (Å²) >= 11 is 0. The third-order valence-electron chi connectivity index (χ3n) is 4.57. The van der Waals surface area contributed by atoms with E-state index in [1.807, 2.05) is 62.4 Å². The zero-order chi connectivity index (χ0) is 19.2. The second-order valence-electron chi connectivity index (χ2n) is 6.67. The number of para-hydroxylation sites is 1. The van der Waals surface area contributed by atoms with Gasteiger partial charge in [0.15, 0.2) is 5.78 Å². The first-order chi connectivity index (χ1) is 13.1. The first-order valence-electron chi connectivity index (χ1n) is 9.69. The van der Waals surface area contributed by atoms with Crippen molar-refractivity contribution in [3.8, 4) is 5.75 Å². The highest BCUT2D eigenvalue weighted by Gasteiger charge is 2.21. The van der Waals surface area contributed by atoms with Crippen molar-refractivity contribution >= 4 is 16.8 Å². The number of hydrogen-bond donors (Lipinski definition) is 1. The molecule has 0 radical (unpaired) electrons. The third kappa shape index (κ3) is 4.40. The van der Waals surface area contributed by atoms with E-state index in [4.69, 9.17) is 9.15 Å². The maximum absolute atomic E-state index is 13.2. The Morgan fingerprint density at radius 2 is 1.85 bits per heavy atom. The Bertz CT molecular complexity index is 896. The van der Waals surface area contributed by atoms with Gasteiger partial charge in [-0.2, -0.15) is 0 Å². The highest BCUT2D eigenvalue weighted by atomic mass is 16.5. The van der Waals surface area contributed by atoms with Gasteiger partial charge in [-0.1, -0.05) is 38.5 Å². The zero-order valence-electron chi connectivity index (χ0n) is 16.2. The summed E-state index contributed by atoms with van der Waals surface area (Å²) in [4.78, 5) is 13.2. The monoisotopic (exact) mass is 365 g/mol. The molecule has 0 fully saturated rings. The molecule has 0 aliphatic heterocycles. The number of furan rings is 1. The average Bonchev–Trinajstić information content (AvgIpc) is 3.05. The minimum atomic E-state index is -0.0741. The fourth-order valence-corrected chi connectivity index (χ4v) is 3.22. The summed E-state index contributed by atoms with van der Waals surface area (Å²) in [6.07, 6.45) is 2.75. The molecule has 27 heavy (non-hydrogen) atoms. The normalized spacial score (nSPS) is 12.3. The largest absolute Gasteiger partial charge is 0.476 e. The van der Waals surface area contributed by atoms with E-state index in [0.29, 0.717) is 11.1 Å². The molecule has 1 heterocycles. The van der Waals surface area contributed by atoms with Crippen LogP contribution in [0.1, 0.15) is 55.3 Å². The number of unbranched alkanes of at least 4 members (excludes halogenated alkanes) is 1. The lowest BCUT2D eigenvalue weighted by molar-refractivity contribution is 0.103. The van der Waals surface area contributed by atoms with E-state index in [-0.39, 0.29) is 12.0 Å². The number of carbonyl (C=O) groups excluding carboxylic acids is 1. The molecule has 0 saturated carbocycles. The molecule has 0 aliphatic carbocycles. The Kier molecular flexibility index (Phi) is 6.30. The van der Waals surface area contributed by atoms with Crippen LogP contribution in [0.3, 0.4) is 0 Å². The summed E-state index contributed by atoms with van der Waals surface area (Å²) in [5.74, 6) is 1.52. The molecule has 0 amide bonds. The van der Waals surface area contributed by atoms with E-state index in [2.05, 4.69) is 12.2 Å². The van der Waals surface area contributed by atoms with Gasteiger partial charge in [0.2, 0.25) is 0 Å². The molecule has 1 N–H and O–H groups in total. The molecule has 1 unspecified atom stereocenters. The number of ketones is 1. The molecule has 4 heteroatoms. The van der Waals surface area contributed by atoms with Crippen molar-refractivity contribution in [2.75, 3.05) is 6.54 Å². The molecule has 2 aromatic carbocycles. The fraction of sp³-hybridized carbons (Fsp3) is 0.348. The van der Waals surface area contributed by atoms with Crippen LogP contribution in [0.4, 0.5) is 0 Å². The van der Waals surface area contributed by atoms with Crippen LogP contribution in [0.5, 0.6) is 5.75 Å². The predicted molar refractivity (Wildman–Crippen MR) is 108 cm³/mol. The number of hydrogen-bond acceptors (Lipinski definition) is 4. The molecule has 1 atom stereocenters. The van der Waals surface area contributed by atoms with Gasteiger partial charge in [0.05, 0.1) is 5.56 Å². The van der Waals surface area contributed by atoms with Crippen LogP contribution in [0.15, 0.2) is 52.9 Å². The third-order valence-corrected chi connectivity index (χ3v) is 4.57. The van der Waals surface area contributed by atoms with Gasteiger partial charge in [-0.15, -0.1) is 0 Å². The van der Waals surface area contributed by atoms with Gasteiger partial charge in [0.25, 0.3) is 0 Å². The summed E-state index contributed by atoms with van der Waals surface area (Å²) in [5.41, 5.74) is 2.10. The molecular formula is C23H27NO3. The molecular weight excluding hydrogens is 338 g/mol. The lowest BCUT2D eigenvalue weighted by Gasteiger charge is -2.15. The molecule has 1 aromatic heterocycles. The standard InChI is InChI=1S/C23H27NO3/c1-4-6-10-21-22(19-9-7-8-11-20(19)27-21)23(25)17-12-14-18(15-13-17)26-16(3)24-5-2/h7-9,11-16,24H,4-6,10H2,1-3H3. The summed E-state index contributed by atoms with van der Waals surface area (Å²) in [6.45, 7) is 6.97. The number of fused-ring (bicyclic) bond motifs is 1. The van der Waals surface area contributed by atoms with Crippen molar-refractivity contribution in [2.24, 2.45) is 0 Å². The van der Waals surface area contributed by atoms with Gasteiger partial charge in [-0.3, -0.25) is 10.1 Å². The maximum Gasteiger partial charge on any atom is 0.197 e. The van der Waals surface area contributed by atoms with Crippen LogP contribution in [-0.2, 0) is 6.42 Å². The summed E-state index contributed by atoms with van der Waals surface area (Å²) in [5, 5.41) is 4.08. The Labute approximate surface area is 160 Å². The van der Waals surface area contributed by atoms with Crippen LogP contribution < -0.4 is 10.1 Å². The van der Waals surface area contributed by atoms with E-state index in [1.54, 1.807) is 0 Å². The number of nitrogens with one attached hydrogen (secondary N) is 1. The quantitative estimate of drug-likeness (QED) is 0.411. The maximum atomic E-state index is 13.2. The second-order valence-corrected chi connectivity index (χ2v) is 6.67. The lowest BCUT2D eigenvalue weighted by atomic mass is 9.98. The van der Waals surface area contributed by atoms with E-state index >= 15 is 0 Å². The van der Waals surface area contributed by atoms with Crippen LogP contribution >= 0.6 is 0 Å². The summed E-state index contributed by atoms with van der Waals surface area (Å²) in [7, 11) is 0. The minimum absolute atomic E-state index is 0.00247. The van der Waals surface area contributed by atoms with Crippen molar-refractivity contribution in [3.05, 3.63) is 65.4 Å². The predicted octanol–water partition coefficient (Wildman–Crippen LogP) is 5.34. The average molecular weight is 365 g/mol. The van der Waals surface area contributed by atoms with Gasteiger partial charge >= 0.3 is 0 Å². The van der Waals surface area contributed by atoms with E-state index < -0.39 is 0 Å². The van der Waals surface area contributed by atoms with Gasteiger partial charge in [-0.05, 0) is 50.2 Å². The number of ether oxygens (including phenoxy) is 1. The molecule has 0 spiro atoms. The summed E-state index contributed by atoms with van der Waals surface area (Å²) < 4.78 is 11.8. The number of carbonyl (C=O) groups is 1. The highest BCUT2D eigenvalue weighted by molar-refractivity contribution is 6.16.